The standard InChI is InChI=1S/C3H8O3.ClH/c4-1-3(6)2-5;/h3-6H,1-2H2;1H. The van der Waals surface area contributed by atoms with Crippen LogP contribution in [0.25, 0.3) is 0 Å². The Morgan fingerprint density at radius 3 is 1.43 bits per heavy atom. The summed E-state index contributed by atoms with van der Waals surface area (Å²) in [6, 6.07) is 0. The molecule has 3 nitrogen and oxygen atoms in total. The molecule has 0 aromatic heterocycles. The molecule has 3 N–H and O–H groups in total. The molecule has 0 unspecified atom stereocenters. The molecule has 0 rings (SSSR count). The minimum Gasteiger partial charge on any atom is -0.394 e. The predicted molar refractivity (Wildman–Crippen MR) is 27.4 cm³/mol. The van der Waals surface area contributed by atoms with Gasteiger partial charge in [-0.25, -0.2) is 0 Å². The van der Waals surface area contributed by atoms with Crippen molar-refractivity contribution in [2.24, 2.45) is 0 Å². The number of aliphatic hydroxyl groups excluding tert-OH is 3. The minimum atomic E-state index is -0.954. The normalized spacial score (nSPS) is 8.57. The molecule has 0 heterocycles. The lowest BCUT2D eigenvalue weighted by molar-refractivity contribution is 0.0450. The molecule has 4 heteroatoms. The fraction of sp³-hybridized carbons (Fsp3) is 1.00. The van der Waals surface area contributed by atoms with Gasteiger partial charge in [0.05, 0.1) is 13.2 Å². The van der Waals surface area contributed by atoms with Crippen LogP contribution >= 0.6 is 12.4 Å². The molecule has 0 aliphatic carbocycles. The molecule has 7 heavy (non-hydrogen) atoms. The van der Waals surface area contributed by atoms with E-state index >= 15 is 0 Å². The maximum absolute atomic E-state index is 8.17. The van der Waals surface area contributed by atoms with Crippen LogP contribution in [-0.2, 0) is 0 Å². The van der Waals surface area contributed by atoms with E-state index in [1.807, 2.05) is 0 Å². The largest absolute Gasteiger partial charge is 0.394 e. The average molecular weight is 129 g/mol. The third kappa shape index (κ3) is 6.17. The van der Waals surface area contributed by atoms with Crippen LogP contribution in [0.2, 0.25) is 0 Å². The van der Waals surface area contributed by atoms with Gasteiger partial charge in [-0.3, -0.25) is 0 Å². The summed E-state index contributed by atoms with van der Waals surface area (Å²) in [5.41, 5.74) is 0. The van der Waals surface area contributed by atoms with Gasteiger partial charge in [0.1, 0.15) is 6.10 Å². The lowest BCUT2D eigenvalue weighted by atomic mass is 10.4. The van der Waals surface area contributed by atoms with Gasteiger partial charge in [0.25, 0.3) is 0 Å². The van der Waals surface area contributed by atoms with Crippen molar-refractivity contribution in [1.29, 1.82) is 0 Å². The molecule has 46 valence electrons. The molecule has 0 aromatic carbocycles. The van der Waals surface area contributed by atoms with E-state index < -0.39 is 6.10 Å². The fourth-order valence-corrected chi connectivity index (χ4v) is 0.0577. The quantitative estimate of drug-likeness (QED) is 0.436. The van der Waals surface area contributed by atoms with Crippen LogP contribution in [0, 0.1) is 0 Å². The first-order valence-corrected chi connectivity index (χ1v) is 1.71. The number of hydrogen-bond donors (Lipinski definition) is 3. The van der Waals surface area contributed by atoms with E-state index in [1.54, 1.807) is 0 Å². The molecule has 0 aliphatic heterocycles. The third-order valence-electron chi connectivity index (χ3n) is 0.421. The summed E-state index contributed by atoms with van der Waals surface area (Å²) in [7, 11) is 0. The van der Waals surface area contributed by atoms with Gasteiger partial charge in [-0.15, -0.1) is 12.4 Å². The van der Waals surface area contributed by atoms with E-state index in [1.165, 1.54) is 0 Å². The Hall–Kier alpha value is 0.170. The van der Waals surface area contributed by atoms with E-state index in [4.69, 9.17) is 15.3 Å². The van der Waals surface area contributed by atoms with Gasteiger partial charge in [-0.1, -0.05) is 0 Å². The minimum absolute atomic E-state index is 0. The van der Waals surface area contributed by atoms with Gasteiger partial charge in [-0.2, -0.15) is 0 Å². The Morgan fingerprint density at radius 2 is 1.43 bits per heavy atom. The van der Waals surface area contributed by atoms with Gasteiger partial charge < -0.3 is 15.3 Å². The predicted octanol–water partition coefficient (Wildman–Crippen LogP) is -1.25. The summed E-state index contributed by atoms with van der Waals surface area (Å²) in [6.07, 6.45) is -0.954. The number of rotatable bonds is 2. The Bertz CT molecular complexity index is 29.4. The molecular formula is C3H9ClO3. The Labute approximate surface area is 48.0 Å². The summed E-state index contributed by atoms with van der Waals surface area (Å²) in [5.74, 6) is 0. The van der Waals surface area contributed by atoms with Gasteiger partial charge in [0.2, 0.25) is 0 Å². The van der Waals surface area contributed by atoms with Crippen molar-refractivity contribution < 1.29 is 15.3 Å². The average Bonchev–Trinajstić information content (AvgIpc) is 1.65. The van der Waals surface area contributed by atoms with Crippen molar-refractivity contribution in [3.63, 3.8) is 0 Å². The maximum Gasteiger partial charge on any atom is 0.100 e. The molecule has 0 saturated heterocycles. The van der Waals surface area contributed by atoms with Crippen molar-refractivity contribution in [2.75, 3.05) is 13.2 Å². The number of aliphatic hydroxyl groups is 3. The zero-order valence-corrected chi connectivity index (χ0v) is 4.56. The lowest BCUT2D eigenvalue weighted by Gasteiger charge is -1.96. The first kappa shape index (κ1) is 10.2. The van der Waals surface area contributed by atoms with E-state index in [0.29, 0.717) is 0 Å². The van der Waals surface area contributed by atoms with Crippen molar-refractivity contribution in [2.45, 2.75) is 6.10 Å². The highest BCUT2D eigenvalue weighted by molar-refractivity contribution is 5.85. The highest BCUT2D eigenvalue weighted by Crippen LogP contribution is 1.71. The Kier molecular flexibility index (Phi) is 9.00. The van der Waals surface area contributed by atoms with E-state index in [9.17, 15) is 0 Å². The zero-order valence-electron chi connectivity index (χ0n) is 3.74. The molecule has 0 aliphatic rings. The molecular weight excluding hydrogens is 119 g/mol. The summed E-state index contributed by atoms with van der Waals surface area (Å²) in [5, 5.41) is 24.0. The first-order valence-electron chi connectivity index (χ1n) is 1.71. The first-order chi connectivity index (χ1) is 2.81. The van der Waals surface area contributed by atoms with Crippen LogP contribution in [0.3, 0.4) is 0 Å². The lowest BCUT2D eigenvalue weighted by Crippen LogP contribution is -2.15. The van der Waals surface area contributed by atoms with Gasteiger partial charge in [-0.05, 0) is 0 Å². The molecule has 0 fully saturated rings. The Balaban J connectivity index is 0. The van der Waals surface area contributed by atoms with Gasteiger partial charge in [0, 0.05) is 0 Å². The van der Waals surface area contributed by atoms with E-state index in [-0.39, 0.29) is 25.6 Å². The van der Waals surface area contributed by atoms with Crippen LogP contribution in [0.1, 0.15) is 0 Å². The van der Waals surface area contributed by atoms with E-state index in [0.717, 1.165) is 0 Å². The zero-order chi connectivity index (χ0) is 4.99. The van der Waals surface area contributed by atoms with Crippen LogP contribution < -0.4 is 0 Å². The molecule has 0 atom stereocenters. The monoisotopic (exact) mass is 128 g/mol. The van der Waals surface area contributed by atoms with Crippen LogP contribution in [0.5, 0.6) is 0 Å². The Morgan fingerprint density at radius 1 is 1.14 bits per heavy atom. The van der Waals surface area contributed by atoms with Crippen molar-refractivity contribution in [3.05, 3.63) is 0 Å². The van der Waals surface area contributed by atoms with Gasteiger partial charge in [0.15, 0.2) is 0 Å². The van der Waals surface area contributed by atoms with Crippen molar-refractivity contribution >= 4 is 12.4 Å². The van der Waals surface area contributed by atoms with E-state index in [2.05, 4.69) is 0 Å². The summed E-state index contributed by atoms with van der Waals surface area (Å²) in [4.78, 5) is 0. The molecule has 0 radical (unpaired) electrons. The second kappa shape index (κ2) is 6.17. The highest BCUT2D eigenvalue weighted by atomic mass is 35.5. The van der Waals surface area contributed by atoms with Crippen molar-refractivity contribution in [1.82, 2.24) is 0 Å². The SMILES string of the molecule is Cl.OCC(O)CO. The molecule has 0 bridgehead atoms. The maximum atomic E-state index is 8.17. The van der Waals surface area contributed by atoms with Crippen LogP contribution in [-0.4, -0.2) is 34.6 Å². The van der Waals surface area contributed by atoms with Crippen LogP contribution in [0.4, 0.5) is 0 Å². The molecule has 0 saturated carbocycles. The molecule has 0 amide bonds. The summed E-state index contributed by atoms with van der Waals surface area (Å²) in [6.45, 7) is -0.729. The van der Waals surface area contributed by atoms with Crippen LogP contribution in [0.15, 0.2) is 0 Å². The fourth-order valence-electron chi connectivity index (χ4n) is 0.0577. The molecule has 0 aromatic rings. The number of halogens is 1. The number of hydrogen-bond acceptors (Lipinski definition) is 3. The van der Waals surface area contributed by atoms with Crippen molar-refractivity contribution in [3.8, 4) is 0 Å². The van der Waals surface area contributed by atoms with Gasteiger partial charge >= 0.3 is 0 Å². The third-order valence-corrected chi connectivity index (χ3v) is 0.421. The molecule has 0 spiro atoms. The smallest absolute Gasteiger partial charge is 0.100 e. The summed E-state index contributed by atoms with van der Waals surface area (Å²) >= 11 is 0. The highest BCUT2D eigenvalue weighted by Gasteiger charge is 1.93. The second-order valence-electron chi connectivity index (χ2n) is 1.02. The summed E-state index contributed by atoms with van der Waals surface area (Å²) < 4.78 is 0. The second-order valence-corrected chi connectivity index (χ2v) is 1.02. The topological polar surface area (TPSA) is 60.7 Å².